The second-order valence-corrected chi connectivity index (χ2v) is 12.5. The number of rotatable bonds is 12. The first kappa shape index (κ1) is 33.5. The lowest BCUT2D eigenvalue weighted by Gasteiger charge is -2.25. The second-order valence-electron chi connectivity index (χ2n) is 11.5. The Morgan fingerprint density at radius 2 is 1.67 bits per heavy atom. The van der Waals surface area contributed by atoms with Crippen molar-refractivity contribution < 1.29 is 33.3 Å². The summed E-state index contributed by atoms with van der Waals surface area (Å²) in [4.78, 5) is 44.3. The van der Waals surface area contributed by atoms with Crippen LogP contribution in [0.3, 0.4) is 0 Å². The summed E-state index contributed by atoms with van der Waals surface area (Å²) in [6.07, 6.45) is 2.68. The maximum Gasteiger partial charge on any atom is 0.338 e. The number of nitrogens with zero attached hydrogens (tertiary/aromatic N) is 2. The van der Waals surface area contributed by atoms with Gasteiger partial charge in [0.1, 0.15) is 0 Å². The summed E-state index contributed by atoms with van der Waals surface area (Å²) in [5, 5.41) is 0. The molecule has 10 nitrogen and oxygen atoms in total. The molecule has 0 fully saturated rings. The van der Waals surface area contributed by atoms with Crippen LogP contribution in [0.15, 0.2) is 57.5 Å². The summed E-state index contributed by atoms with van der Waals surface area (Å²) in [6, 6.07) is 9.57. The van der Waals surface area contributed by atoms with E-state index >= 15 is 0 Å². The molecule has 0 amide bonds. The fourth-order valence-electron chi connectivity index (χ4n) is 4.76. The number of ether oxygens (including phenoxy) is 5. The molecule has 0 N–H and O–H groups in total. The highest BCUT2D eigenvalue weighted by Gasteiger charge is 2.34. The molecular weight excluding hydrogens is 596 g/mol. The Kier molecular flexibility index (Phi) is 10.9. The van der Waals surface area contributed by atoms with Gasteiger partial charge in [0.2, 0.25) is 0 Å². The molecule has 0 saturated carbocycles. The van der Waals surface area contributed by atoms with Gasteiger partial charge in [0, 0.05) is 6.92 Å². The Morgan fingerprint density at radius 1 is 0.978 bits per heavy atom. The summed E-state index contributed by atoms with van der Waals surface area (Å²) in [5.74, 6) is 1.24. The zero-order valence-electron chi connectivity index (χ0n) is 27.0. The number of aromatic nitrogens is 1. The minimum atomic E-state index is -0.866. The molecule has 1 unspecified atom stereocenters. The minimum absolute atomic E-state index is 0.113. The topological polar surface area (TPSA) is 115 Å². The number of allylic oxidation sites excluding steroid dienone is 1. The number of esters is 2. The molecular formula is C34H40N2O8S. The van der Waals surface area contributed by atoms with E-state index in [2.05, 4.69) is 18.8 Å². The summed E-state index contributed by atoms with van der Waals surface area (Å²) >= 11 is 1.22. The van der Waals surface area contributed by atoms with Crippen molar-refractivity contribution in [2.24, 2.45) is 16.8 Å². The largest absolute Gasteiger partial charge is 0.493 e. The van der Waals surface area contributed by atoms with Gasteiger partial charge in [-0.05, 0) is 66.6 Å². The quantitative estimate of drug-likeness (QED) is 0.206. The standard InChI is InChI=1S/C34H40N2O8S/c1-19(2)13-14-42-25-11-9-23(15-27(25)40-7)16-29-32(38)36-31(24-10-12-26(44-22(6)37)28(17-24)41-8)30(21(5)35-34(36)45-29)33(39)43-18-20(3)4/h9-12,15-17,19-20,31H,13-14,18H2,1-8H3. The molecule has 240 valence electrons. The number of thiazole rings is 1. The molecule has 1 aromatic heterocycles. The summed E-state index contributed by atoms with van der Waals surface area (Å²) in [6.45, 7) is 12.0. The van der Waals surface area contributed by atoms with Crippen molar-refractivity contribution in [2.45, 2.75) is 54.0 Å². The number of methoxy groups -OCH3 is 2. The monoisotopic (exact) mass is 636 g/mol. The first-order chi connectivity index (χ1) is 21.4. The van der Waals surface area contributed by atoms with Crippen molar-refractivity contribution >= 4 is 29.4 Å². The van der Waals surface area contributed by atoms with E-state index < -0.39 is 18.0 Å². The van der Waals surface area contributed by atoms with E-state index in [-0.39, 0.29) is 35.2 Å². The van der Waals surface area contributed by atoms with Crippen molar-refractivity contribution in [3.63, 3.8) is 0 Å². The highest BCUT2D eigenvalue weighted by molar-refractivity contribution is 7.07. The molecule has 11 heteroatoms. The van der Waals surface area contributed by atoms with E-state index in [1.165, 1.54) is 29.9 Å². The fraction of sp³-hybridized carbons (Fsp3) is 0.412. The van der Waals surface area contributed by atoms with Gasteiger partial charge in [-0.3, -0.25) is 14.2 Å². The third kappa shape index (κ3) is 7.83. The smallest absolute Gasteiger partial charge is 0.338 e. The molecule has 1 aliphatic heterocycles. The molecule has 0 spiro atoms. The number of carbonyl (C=O) groups excluding carboxylic acids is 2. The van der Waals surface area contributed by atoms with E-state index in [4.69, 9.17) is 23.7 Å². The molecule has 2 aromatic carbocycles. The summed E-state index contributed by atoms with van der Waals surface area (Å²) < 4.78 is 29.8. The molecule has 4 rings (SSSR count). The van der Waals surface area contributed by atoms with Crippen molar-refractivity contribution in [1.82, 2.24) is 4.57 Å². The van der Waals surface area contributed by atoms with E-state index in [1.807, 2.05) is 32.0 Å². The SMILES string of the molecule is COc1cc(C=c2sc3n(c2=O)C(c2ccc(OC(C)=O)c(OC)c2)C(C(=O)OCC(C)C)=C(C)N=3)ccc1OCCC(C)C. The minimum Gasteiger partial charge on any atom is -0.493 e. The number of fused-ring (bicyclic) bond motifs is 1. The molecule has 2 heterocycles. The van der Waals surface area contributed by atoms with Crippen LogP contribution in [0.2, 0.25) is 0 Å². The third-order valence-electron chi connectivity index (χ3n) is 6.98. The van der Waals surface area contributed by atoms with Gasteiger partial charge in [-0.25, -0.2) is 9.79 Å². The zero-order valence-corrected chi connectivity index (χ0v) is 27.8. The Morgan fingerprint density at radius 3 is 2.31 bits per heavy atom. The first-order valence-electron chi connectivity index (χ1n) is 14.8. The van der Waals surface area contributed by atoms with Crippen LogP contribution in [0, 0.1) is 11.8 Å². The van der Waals surface area contributed by atoms with Crippen molar-refractivity contribution in [3.8, 4) is 23.0 Å². The average molecular weight is 637 g/mol. The van der Waals surface area contributed by atoms with Gasteiger partial charge in [-0.1, -0.05) is 51.2 Å². The molecule has 1 atom stereocenters. The van der Waals surface area contributed by atoms with Gasteiger partial charge in [0.05, 0.1) is 49.3 Å². The third-order valence-corrected chi connectivity index (χ3v) is 7.97. The van der Waals surface area contributed by atoms with Crippen LogP contribution in [0.1, 0.15) is 65.1 Å². The van der Waals surface area contributed by atoms with Gasteiger partial charge >= 0.3 is 11.9 Å². The van der Waals surface area contributed by atoms with E-state index in [9.17, 15) is 14.4 Å². The van der Waals surface area contributed by atoms with Crippen LogP contribution in [0.4, 0.5) is 0 Å². The second kappa shape index (κ2) is 14.6. The van der Waals surface area contributed by atoms with Crippen LogP contribution in [-0.2, 0) is 14.3 Å². The maximum absolute atomic E-state index is 14.1. The average Bonchev–Trinajstić information content (AvgIpc) is 3.29. The predicted octanol–water partition coefficient (Wildman–Crippen LogP) is 4.80. The Bertz CT molecular complexity index is 1780. The Labute approximate surface area is 266 Å². The molecule has 0 radical (unpaired) electrons. The van der Waals surface area contributed by atoms with Gasteiger partial charge in [0.15, 0.2) is 27.8 Å². The van der Waals surface area contributed by atoms with Gasteiger partial charge < -0.3 is 23.7 Å². The van der Waals surface area contributed by atoms with Crippen molar-refractivity contribution in [3.05, 3.63) is 78.5 Å². The predicted molar refractivity (Wildman–Crippen MR) is 172 cm³/mol. The number of carbonyl (C=O) groups is 2. The summed E-state index contributed by atoms with van der Waals surface area (Å²) in [7, 11) is 3.03. The van der Waals surface area contributed by atoms with Crippen molar-refractivity contribution in [2.75, 3.05) is 27.4 Å². The van der Waals surface area contributed by atoms with Crippen LogP contribution >= 0.6 is 11.3 Å². The molecule has 0 bridgehead atoms. The Hall–Kier alpha value is -4.38. The first-order valence-corrected chi connectivity index (χ1v) is 15.6. The van der Waals surface area contributed by atoms with Gasteiger partial charge in [-0.15, -0.1) is 0 Å². The highest BCUT2D eigenvalue weighted by Crippen LogP contribution is 2.36. The van der Waals surface area contributed by atoms with Crippen LogP contribution in [-0.4, -0.2) is 43.9 Å². The fourth-order valence-corrected chi connectivity index (χ4v) is 5.81. The Balaban J connectivity index is 1.84. The van der Waals surface area contributed by atoms with Gasteiger partial charge in [-0.2, -0.15) is 0 Å². The van der Waals surface area contributed by atoms with Crippen LogP contribution in [0.25, 0.3) is 6.08 Å². The van der Waals surface area contributed by atoms with Crippen LogP contribution in [0.5, 0.6) is 23.0 Å². The lowest BCUT2D eigenvalue weighted by atomic mass is 9.95. The summed E-state index contributed by atoms with van der Waals surface area (Å²) in [5.41, 5.74) is 1.65. The lowest BCUT2D eigenvalue weighted by molar-refractivity contribution is -0.140. The normalized spacial score (nSPS) is 14.7. The molecule has 1 aliphatic rings. The van der Waals surface area contributed by atoms with Crippen LogP contribution < -0.4 is 33.8 Å². The van der Waals surface area contributed by atoms with E-state index in [0.717, 1.165) is 12.0 Å². The van der Waals surface area contributed by atoms with E-state index in [1.54, 1.807) is 38.3 Å². The number of hydrogen-bond donors (Lipinski definition) is 0. The zero-order chi connectivity index (χ0) is 32.8. The lowest BCUT2D eigenvalue weighted by Crippen LogP contribution is -2.40. The molecule has 0 saturated heterocycles. The molecule has 0 aliphatic carbocycles. The molecule has 3 aromatic rings. The maximum atomic E-state index is 14.1. The number of benzene rings is 2. The van der Waals surface area contributed by atoms with E-state index in [0.29, 0.717) is 44.6 Å². The molecule has 45 heavy (non-hydrogen) atoms. The number of hydrogen-bond acceptors (Lipinski definition) is 10. The van der Waals surface area contributed by atoms with Crippen molar-refractivity contribution in [1.29, 1.82) is 0 Å². The highest BCUT2D eigenvalue weighted by atomic mass is 32.1. The van der Waals surface area contributed by atoms with Gasteiger partial charge in [0.25, 0.3) is 5.56 Å².